The average molecular weight is 463 g/mol. The van der Waals surface area contributed by atoms with Gasteiger partial charge >= 0.3 is 0 Å². The van der Waals surface area contributed by atoms with E-state index in [4.69, 9.17) is 4.74 Å². The molecule has 2 amide bonds. The maximum absolute atomic E-state index is 13.3. The Bertz CT molecular complexity index is 874. The lowest BCUT2D eigenvalue weighted by atomic mass is 10.1. The van der Waals surface area contributed by atoms with Gasteiger partial charge in [0.2, 0.25) is 11.8 Å². The third-order valence-corrected chi connectivity index (χ3v) is 4.83. The molecule has 0 aromatic heterocycles. The first-order valence-corrected chi connectivity index (χ1v) is 10.8. The third kappa shape index (κ3) is 9.19. The second-order valence-electron chi connectivity index (χ2n) is 8.10. The van der Waals surface area contributed by atoms with Gasteiger partial charge in [-0.3, -0.25) is 9.59 Å². The molecule has 4 N–H and O–H groups in total. The highest BCUT2D eigenvalue weighted by atomic mass is 19.1. The minimum Gasteiger partial charge on any atom is -0.494 e. The van der Waals surface area contributed by atoms with E-state index in [1.807, 2.05) is 44.2 Å². The second-order valence-corrected chi connectivity index (χ2v) is 8.10. The van der Waals surface area contributed by atoms with Gasteiger partial charge in [0.25, 0.3) is 0 Å². The monoisotopic (exact) mass is 462 g/mol. The van der Waals surface area contributed by atoms with E-state index in [1.54, 1.807) is 13.8 Å². The molecule has 2 aromatic carbocycles. The Morgan fingerprint density at radius 2 is 1.33 bits per heavy atom. The number of nitrogens with one attached hydrogen (secondary N) is 2. The molecule has 2 aromatic rings. The summed E-state index contributed by atoms with van der Waals surface area (Å²) in [6.07, 6.45) is 0. The van der Waals surface area contributed by atoms with Crippen LogP contribution >= 0.6 is 0 Å². The molecule has 0 radical (unpaired) electrons. The first-order chi connectivity index (χ1) is 15.6. The summed E-state index contributed by atoms with van der Waals surface area (Å²) in [5.74, 6) is -0.850. The maximum Gasteiger partial charge on any atom is 0.223 e. The predicted octanol–water partition coefficient (Wildman–Crippen LogP) is 3.13. The van der Waals surface area contributed by atoms with Gasteiger partial charge in [0.1, 0.15) is 0 Å². The van der Waals surface area contributed by atoms with Crippen molar-refractivity contribution in [1.82, 2.24) is 10.6 Å². The van der Waals surface area contributed by atoms with E-state index in [0.717, 1.165) is 5.56 Å². The van der Waals surface area contributed by atoms with Crippen LogP contribution in [0.3, 0.4) is 0 Å². The Morgan fingerprint density at radius 1 is 0.848 bits per heavy atom. The van der Waals surface area contributed by atoms with Crippen molar-refractivity contribution in [2.24, 2.45) is 11.8 Å². The molecule has 33 heavy (non-hydrogen) atoms. The standard InChI is InChI=1S/C13H18FNO3.C12H17NO2/c1-8(2)13(17)15-11(7-16)9-4-5-10(14)12(6-9)18-3;1-9(2)12(15)13-11(8-14)10-6-4-3-5-7-10/h4-6,8,11,16H,7H2,1-3H3,(H,15,17);3-7,9,11,14H,8H2,1-2H3,(H,13,15). The fourth-order valence-electron chi connectivity index (χ4n) is 2.72. The van der Waals surface area contributed by atoms with Crippen molar-refractivity contribution in [2.45, 2.75) is 39.8 Å². The zero-order valence-electron chi connectivity index (χ0n) is 19.8. The summed E-state index contributed by atoms with van der Waals surface area (Å²) in [5, 5.41) is 24.0. The Hall–Kier alpha value is -2.97. The Labute approximate surface area is 195 Å². The largest absolute Gasteiger partial charge is 0.494 e. The summed E-state index contributed by atoms with van der Waals surface area (Å²) < 4.78 is 18.1. The average Bonchev–Trinajstić information content (AvgIpc) is 2.81. The number of hydrogen-bond donors (Lipinski definition) is 4. The molecule has 8 heteroatoms. The smallest absolute Gasteiger partial charge is 0.223 e. The lowest BCUT2D eigenvalue weighted by molar-refractivity contribution is -0.125. The van der Waals surface area contributed by atoms with Crippen LogP contribution in [-0.4, -0.2) is 42.4 Å². The normalized spacial score (nSPS) is 12.4. The molecular formula is C25H35FN2O5. The van der Waals surface area contributed by atoms with E-state index in [1.165, 1.54) is 25.3 Å². The van der Waals surface area contributed by atoms with Gasteiger partial charge < -0.3 is 25.6 Å². The van der Waals surface area contributed by atoms with Crippen LogP contribution in [0.1, 0.15) is 50.9 Å². The number of methoxy groups -OCH3 is 1. The van der Waals surface area contributed by atoms with Crippen LogP contribution in [0.2, 0.25) is 0 Å². The number of benzene rings is 2. The Morgan fingerprint density at radius 3 is 1.76 bits per heavy atom. The van der Waals surface area contributed by atoms with Crippen LogP contribution in [0.15, 0.2) is 48.5 Å². The minimum absolute atomic E-state index is 0.0436. The molecule has 2 unspecified atom stereocenters. The number of aliphatic hydroxyl groups excluding tert-OH is 2. The van der Waals surface area contributed by atoms with Crippen molar-refractivity contribution in [2.75, 3.05) is 20.3 Å². The van der Waals surface area contributed by atoms with Gasteiger partial charge in [0.15, 0.2) is 11.6 Å². The number of ether oxygens (including phenoxy) is 1. The lowest BCUT2D eigenvalue weighted by Gasteiger charge is -2.19. The van der Waals surface area contributed by atoms with Gasteiger partial charge in [0, 0.05) is 11.8 Å². The molecule has 0 aliphatic rings. The van der Waals surface area contributed by atoms with Crippen LogP contribution in [0.25, 0.3) is 0 Å². The fourth-order valence-corrected chi connectivity index (χ4v) is 2.72. The van der Waals surface area contributed by atoms with Crippen molar-refractivity contribution in [3.63, 3.8) is 0 Å². The summed E-state index contributed by atoms with van der Waals surface area (Å²) in [7, 11) is 1.36. The van der Waals surface area contributed by atoms with Crippen LogP contribution < -0.4 is 15.4 Å². The molecule has 0 aliphatic carbocycles. The van der Waals surface area contributed by atoms with Crippen molar-refractivity contribution in [1.29, 1.82) is 0 Å². The van der Waals surface area contributed by atoms with Crippen molar-refractivity contribution in [3.05, 3.63) is 65.5 Å². The van der Waals surface area contributed by atoms with Crippen LogP contribution in [0.4, 0.5) is 4.39 Å². The van der Waals surface area contributed by atoms with Gasteiger partial charge in [-0.1, -0.05) is 64.1 Å². The molecule has 0 bridgehead atoms. The second kappa shape index (κ2) is 14.2. The number of amides is 2. The van der Waals surface area contributed by atoms with E-state index >= 15 is 0 Å². The van der Waals surface area contributed by atoms with Crippen molar-refractivity contribution in [3.8, 4) is 5.75 Å². The lowest BCUT2D eigenvalue weighted by Crippen LogP contribution is -2.33. The number of carbonyl (C=O) groups excluding carboxylic acids is 2. The van der Waals surface area contributed by atoms with Gasteiger partial charge in [-0.05, 0) is 23.3 Å². The minimum atomic E-state index is -0.561. The SMILES string of the molecule is CC(C)C(=O)NC(CO)c1ccccc1.COc1cc(C(CO)NC(=O)C(C)C)ccc1F. The van der Waals surface area contributed by atoms with Gasteiger partial charge in [0.05, 0.1) is 32.4 Å². The highest BCUT2D eigenvalue weighted by molar-refractivity contribution is 5.78. The summed E-state index contributed by atoms with van der Waals surface area (Å²) in [6.45, 7) is 6.84. The molecule has 2 atom stereocenters. The zero-order valence-corrected chi connectivity index (χ0v) is 19.8. The summed E-state index contributed by atoms with van der Waals surface area (Å²) in [6, 6.07) is 12.8. The van der Waals surface area contributed by atoms with Gasteiger partial charge in [-0.25, -0.2) is 4.39 Å². The third-order valence-electron chi connectivity index (χ3n) is 4.83. The number of hydrogen-bond acceptors (Lipinski definition) is 5. The summed E-state index contributed by atoms with van der Waals surface area (Å²) in [5.41, 5.74) is 1.53. The van der Waals surface area contributed by atoms with E-state index in [0.29, 0.717) is 5.56 Å². The molecule has 7 nitrogen and oxygen atoms in total. The number of aliphatic hydroxyl groups is 2. The molecular weight excluding hydrogens is 427 g/mol. The van der Waals surface area contributed by atoms with Crippen LogP contribution in [0, 0.1) is 17.7 Å². The van der Waals surface area contributed by atoms with Crippen LogP contribution in [0.5, 0.6) is 5.75 Å². The molecule has 0 spiro atoms. The Balaban J connectivity index is 0.000000335. The molecule has 0 fully saturated rings. The summed E-state index contributed by atoms with van der Waals surface area (Å²) in [4.78, 5) is 23.0. The van der Waals surface area contributed by atoms with Crippen molar-refractivity contribution < 1.29 is 28.9 Å². The Kier molecular flexibility index (Phi) is 12.1. The van der Waals surface area contributed by atoms with Gasteiger partial charge in [-0.2, -0.15) is 0 Å². The van der Waals surface area contributed by atoms with Gasteiger partial charge in [-0.15, -0.1) is 0 Å². The van der Waals surface area contributed by atoms with Crippen molar-refractivity contribution >= 4 is 11.8 Å². The highest BCUT2D eigenvalue weighted by Gasteiger charge is 2.17. The molecule has 0 saturated carbocycles. The molecule has 0 heterocycles. The molecule has 0 aliphatic heterocycles. The summed E-state index contributed by atoms with van der Waals surface area (Å²) >= 11 is 0. The molecule has 0 saturated heterocycles. The number of halogens is 1. The number of carbonyl (C=O) groups is 2. The predicted molar refractivity (Wildman–Crippen MR) is 125 cm³/mol. The molecule has 182 valence electrons. The maximum atomic E-state index is 13.3. The molecule has 2 rings (SSSR count). The van der Waals surface area contributed by atoms with E-state index in [2.05, 4.69) is 10.6 Å². The zero-order chi connectivity index (χ0) is 25.0. The first-order valence-electron chi connectivity index (χ1n) is 10.8. The first kappa shape index (κ1) is 28.1. The van der Waals surface area contributed by atoms with E-state index in [-0.39, 0.29) is 48.7 Å². The van der Waals surface area contributed by atoms with E-state index < -0.39 is 11.9 Å². The number of rotatable bonds is 9. The quantitative estimate of drug-likeness (QED) is 0.458. The highest BCUT2D eigenvalue weighted by Crippen LogP contribution is 2.22. The van der Waals surface area contributed by atoms with Crippen LogP contribution in [-0.2, 0) is 9.59 Å². The topological polar surface area (TPSA) is 108 Å². The fraction of sp³-hybridized carbons (Fsp3) is 0.440. The van der Waals surface area contributed by atoms with E-state index in [9.17, 15) is 24.2 Å².